The fraction of sp³-hybridized carbons (Fsp3) is 0.429. The van der Waals surface area contributed by atoms with Gasteiger partial charge in [0.15, 0.2) is 0 Å². The summed E-state index contributed by atoms with van der Waals surface area (Å²) in [4.78, 5) is 0. The minimum atomic E-state index is -5.60. The van der Waals surface area contributed by atoms with Gasteiger partial charge in [-0.1, -0.05) is 31.9 Å². The van der Waals surface area contributed by atoms with Gasteiger partial charge in [0.2, 0.25) is 0 Å². The molecule has 2 aromatic carbocycles. The average Bonchev–Trinajstić information content (AvgIpc) is 3.01. The monoisotopic (exact) mass is 614 g/mol. The molecule has 0 aliphatic rings. The number of sulfonamides is 1. The second kappa shape index (κ2) is 10.6. The third kappa shape index (κ3) is 5.91. The molecule has 0 saturated heterocycles. The van der Waals surface area contributed by atoms with E-state index in [0.29, 0.717) is 6.61 Å². The third-order valence-corrected chi connectivity index (χ3v) is 7.71. The van der Waals surface area contributed by atoms with E-state index in [9.17, 15) is 26.7 Å². The van der Waals surface area contributed by atoms with Gasteiger partial charge in [0.05, 0.1) is 12.6 Å². The van der Waals surface area contributed by atoms with Crippen molar-refractivity contribution in [1.82, 2.24) is 8.87 Å². The number of fused-ring (bicyclic) bond motifs is 3. The molecule has 1 N–H and O–H groups in total. The predicted octanol–water partition coefficient (Wildman–Crippen LogP) is 5.26. The third-order valence-electron chi connectivity index (χ3n) is 5.13. The number of aromatic nitrogens is 1. The Labute approximate surface area is 206 Å². The molecule has 0 aliphatic carbocycles. The number of nitrogens with zero attached hydrogens (tertiary/aromatic N) is 2. The summed E-state index contributed by atoms with van der Waals surface area (Å²) in [6.45, 7) is 1.03. The molecule has 1 atom stereocenters. The lowest BCUT2D eigenvalue weighted by Gasteiger charge is -2.26. The molecule has 6 nitrogen and oxygen atoms in total. The summed E-state index contributed by atoms with van der Waals surface area (Å²) in [7, 11) is -5.60. The van der Waals surface area contributed by atoms with Crippen molar-refractivity contribution in [3.63, 3.8) is 0 Å². The van der Waals surface area contributed by atoms with Gasteiger partial charge in [0, 0.05) is 57.1 Å². The molecule has 3 rings (SSSR count). The van der Waals surface area contributed by atoms with E-state index in [2.05, 4.69) is 31.9 Å². The second-order valence-corrected chi connectivity index (χ2v) is 11.2. The number of hydrogen-bond acceptors (Lipinski definition) is 4. The highest BCUT2D eigenvalue weighted by molar-refractivity contribution is 9.10. The molecule has 0 amide bonds. The molecule has 33 heavy (non-hydrogen) atoms. The summed E-state index contributed by atoms with van der Waals surface area (Å²) in [5.41, 5.74) is -3.91. The first-order valence-corrected chi connectivity index (χ1v) is 13.2. The summed E-state index contributed by atoms with van der Waals surface area (Å²) >= 11 is 6.89. The van der Waals surface area contributed by atoms with E-state index >= 15 is 0 Å². The Hall–Kier alpha value is -1.18. The maximum Gasteiger partial charge on any atom is 0.511 e. The van der Waals surface area contributed by atoms with E-state index in [1.807, 2.05) is 36.4 Å². The molecule has 12 heteroatoms. The molecule has 3 aromatic rings. The average molecular weight is 616 g/mol. The van der Waals surface area contributed by atoms with Crippen LogP contribution in [-0.2, 0) is 21.3 Å². The zero-order chi connectivity index (χ0) is 24.4. The molecular formula is C21H23Br2F3N2O4S. The first-order valence-electron chi connectivity index (χ1n) is 10.1. The van der Waals surface area contributed by atoms with Crippen LogP contribution in [0.25, 0.3) is 21.8 Å². The number of alkyl halides is 3. The van der Waals surface area contributed by atoms with E-state index < -0.39 is 34.7 Å². The Morgan fingerprint density at radius 2 is 1.64 bits per heavy atom. The molecule has 0 spiro atoms. The fourth-order valence-corrected chi connectivity index (χ4v) is 5.44. The Bertz CT molecular complexity index is 1170. The second-order valence-electron chi connectivity index (χ2n) is 7.45. The van der Waals surface area contributed by atoms with E-state index in [-0.39, 0.29) is 23.9 Å². The number of benzene rings is 2. The van der Waals surface area contributed by atoms with Crippen LogP contribution in [0.5, 0.6) is 0 Å². The van der Waals surface area contributed by atoms with Crippen molar-refractivity contribution in [2.24, 2.45) is 0 Å². The van der Waals surface area contributed by atoms with Crippen LogP contribution in [0.3, 0.4) is 0 Å². The van der Waals surface area contributed by atoms with Gasteiger partial charge in [-0.15, -0.1) is 0 Å². The van der Waals surface area contributed by atoms with Crippen LogP contribution >= 0.6 is 31.9 Å². The van der Waals surface area contributed by atoms with E-state index in [0.717, 1.165) is 30.8 Å². The van der Waals surface area contributed by atoms with Crippen LogP contribution in [0.2, 0.25) is 0 Å². The molecule has 0 fully saturated rings. The summed E-state index contributed by atoms with van der Waals surface area (Å²) in [6, 6.07) is 11.2. The van der Waals surface area contributed by atoms with E-state index in [1.165, 1.54) is 0 Å². The maximum absolute atomic E-state index is 13.2. The van der Waals surface area contributed by atoms with Gasteiger partial charge < -0.3 is 14.4 Å². The van der Waals surface area contributed by atoms with Crippen molar-refractivity contribution in [3.8, 4) is 0 Å². The van der Waals surface area contributed by atoms with Crippen molar-refractivity contribution in [2.45, 2.75) is 31.5 Å². The normalized spacial score (nSPS) is 13.9. The van der Waals surface area contributed by atoms with Gasteiger partial charge >= 0.3 is 15.5 Å². The summed E-state index contributed by atoms with van der Waals surface area (Å²) in [5.74, 6) is 0. The first-order chi connectivity index (χ1) is 15.5. The standard InChI is InChI=1S/C21H23Br2F3N2O4S/c1-2-32-9-3-8-27(33(30,31)21(24,25)26)12-16(29)13-28-19-6-4-14(22)10-17(19)18-11-15(23)5-7-20(18)28/h4-7,10-11,16,29H,2-3,8-9,12-13H2,1H3. The van der Waals surface area contributed by atoms with Crippen LogP contribution in [0.15, 0.2) is 45.3 Å². The molecular weight excluding hydrogens is 593 g/mol. The van der Waals surface area contributed by atoms with Gasteiger partial charge in [-0.3, -0.25) is 0 Å². The van der Waals surface area contributed by atoms with Gasteiger partial charge in [-0.2, -0.15) is 17.5 Å². The zero-order valence-electron chi connectivity index (χ0n) is 17.6. The lowest BCUT2D eigenvalue weighted by molar-refractivity contribution is -0.0500. The Balaban J connectivity index is 1.91. The number of aliphatic hydroxyl groups is 1. The van der Waals surface area contributed by atoms with Crippen molar-refractivity contribution in [1.29, 1.82) is 0 Å². The molecule has 1 unspecified atom stereocenters. The first kappa shape index (κ1) is 26.4. The minimum absolute atomic E-state index is 0.0767. The lowest BCUT2D eigenvalue weighted by atomic mass is 10.2. The molecule has 0 aliphatic heterocycles. The number of rotatable bonds is 10. The molecule has 0 radical (unpaired) electrons. The van der Waals surface area contributed by atoms with Crippen LogP contribution in [0.1, 0.15) is 13.3 Å². The highest BCUT2D eigenvalue weighted by Gasteiger charge is 2.50. The summed E-state index contributed by atoms with van der Waals surface area (Å²) in [5, 5.41) is 12.5. The van der Waals surface area contributed by atoms with Gasteiger partial charge in [0.25, 0.3) is 0 Å². The van der Waals surface area contributed by atoms with Crippen molar-refractivity contribution < 1.29 is 31.4 Å². The molecule has 182 valence electrons. The Morgan fingerprint density at radius 3 is 2.12 bits per heavy atom. The SMILES string of the molecule is CCOCCCN(CC(O)Cn1c2ccc(Br)cc2c2cc(Br)ccc21)S(=O)(=O)C(F)(F)F. The van der Waals surface area contributed by atoms with Crippen LogP contribution < -0.4 is 0 Å². The Morgan fingerprint density at radius 1 is 1.09 bits per heavy atom. The van der Waals surface area contributed by atoms with Crippen molar-refractivity contribution in [2.75, 3.05) is 26.3 Å². The van der Waals surface area contributed by atoms with Gasteiger partial charge in [0.1, 0.15) is 0 Å². The highest BCUT2D eigenvalue weighted by Crippen LogP contribution is 2.33. The van der Waals surface area contributed by atoms with Crippen LogP contribution in [0.4, 0.5) is 13.2 Å². The zero-order valence-corrected chi connectivity index (χ0v) is 21.6. The summed E-state index contributed by atoms with van der Waals surface area (Å²) < 4.78 is 72.7. The van der Waals surface area contributed by atoms with E-state index in [4.69, 9.17) is 4.74 Å². The number of aliphatic hydroxyl groups excluding tert-OH is 1. The van der Waals surface area contributed by atoms with Crippen molar-refractivity contribution in [3.05, 3.63) is 45.3 Å². The van der Waals surface area contributed by atoms with E-state index in [1.54, 1.807) is 11.5 Å². The predicted molar refractivity (Wildman–Crippen MR) is 129 cm³/mol. The number of halogens is 5. The smallest absolute Gasteiger partial charge is 0.390 e. The summed E-state index contributed by atoms with van der Waals surface area (Å²) in [6.07, 6.45) is -1.30. The lowest BCUT2D eigenvalue weighted by Crippen LogP contribution is -2.45. The largest absolute Gasteiger partial charge is 0.511 e. The van der Waals surface area contributed by atoms with Crippen molar-refractivity contribution >= 4 is 63.7 Å². The molecule has 1 heterocycles. The van der Waals surface area contributed by atoms with Gasteiger partial charge in [-0.05, 0) is 49.7 Å². The fourth-order valence-electron chi connectivity index (χ4n) is 3.69. The number of ether oxygens (including phenoxy) is 1. The quantitative estimate of drug-likeness (QED) is 0.316. The molecule has 0 saturated carbocycles. The number of hydrogen-bond donors (Lipinski definition) is 1. The molecule has 1 aromatic heterocycles. The van der Waals surface area contributed by atoms with Crippen LogP contribution in [-0.4, -0.2) is 60.3 Å². The highest BCUT2D eigenvalue weighted by atomic mass is 79.9. The van der Waals surface area contributed by atoms with Crippen LogP contribution in [0, 0.1) is 0 Å². The minimum Gasteiger partial charge on any atom is -0.390 e. The molecule has 0 bridgehead atoms. The topological polar surface area (TPSA) is 71.8 Å². The maximum atomic E-state index is 13.2. The van der Waals surface area contributed by atoms with Gasteiger partial charge in [-0.25, -0.2) is 8.42 Å². The Kier molecular flexibility index (Phi) is 8.50.